The summed E-state index contributed by atoms with van der Waals surface area (Å²) in [5.41, 5.74) is 2.45. The van der Waals surface area contributed by atoms with Gasteiger partial charge in [0.15, 0.2) is 0 Å². The summed E-state index contributed by atoms with van der Waals surface area (Å²) < 4.78 is 13.5. The topological polar surface area (TPSA) is 24.9 Å². The number of rotatable bonds is 3. The molecule has 0 bridgehead atoms. The van der Waals surface area contributed by atoms with E-state index in [9.17, 15) is 4.39 Å². The molecular formula is C14H17FN2. The van der Waals surface area contributed by atoms with Gasteiger partial charge < -0.3 is 5.32 Å². The van der Waals surface area contributed by atoms with Gasteiger partial charge in [-0.2, -0.15) is 0 Å². The summed E-state index contributed by atoms with van der Waals surface area (Å²) in [5.74, 6) is 0.656. The third kappa shape index (κ3) is 2.23. The lowest BCUT2D eigenvalue weighted by atomic mass is 10.1. The smallest absolute Gasteiger partial charge is 0.129 e. The van der Waals surface area contributed by atoms with E-state index in [-0.39, 0.29) is 5.82 Å². The number of hydrogen-bond donors (Lipinski definition) is 1. The van der Waals surface area contributed by atoms with Crippen molar-refractivity contribution in [2.75, 3.05) is 11.9 Å². The minimum absolute atomic E-state index is 0.199. The molecule has 90 valence electrons. The molecular weight excluding hydrogens is 215 g/mol. The third-order valence-electron chi connectivity index (χ3n) is 2.91. The molecule has 1 aromatic carbocycles. The standard InChI is InChI=1S/C14H17FN2/c1-4-7-16-14-9(2)8-11-5-6-12(15)10(3)13(11)17-14/h5-6,8H,4,7H2,1-3H3,(H,16,17). The second kappa shape index (κ2) is 4.70. The van der Waals surface area contributed by atoms with Crippen LogP contribution in [0, 0.1) is 19.7 Å². The number of benzene rings is 1. The maximum absolute atomic E-state index is 13.5. The van der Waals surface area contributed by atoms with Crippen LogP contribution in [-0.2, 0) is 0 Å². The average Bonchev–Trinajstić information content (AvgIpc) is 2.32. The molecule has 0 amide bonds. The monoisotopic (exact) mass is 232 g/mol. The lowest BCUT2D eigenvalue weighted by Gasteiger charge is -2.10. The largest absolute Gasteiger partial charge is 0.370 e. The van der Waals surface area contributed by atoms with Crippen LogP contribution in [0.15, 0.2) is 18.2 Å². The molecule has 0 radical (unpaired) electrons. The number of aromatic nitrogens is 1. The molecule has 0 spiro atoms. The Morgan fingerprint density at radius 3 is 2.76 bits per heavy atom. The zero-order chi connectivity index (χ0) is 12.4. The van der Waals surface area contributed by atoms with Crippen LogP contribution >= 0.6 is 0 Å². The van der Waals surface area contributed by atoms with Gasteiger partial charge in [-0.05, 0) is 44.0 Å². The van der Waals surface area contributed by atoms with E-state index in [1.165, 1.54) is 6.07 Å². The molecule has 2 aromatic rings. The summed E-state index contributed by atoms with van der Waals surface area (Å²) in [6.07, 6.45) is 1.04. The second-order valence-corrected chi connectivity index (χ2v) is 4.32. The van der Waals surface area contributed by atoms with E-state index in [0.717, 1.165) is 35.2 Å². The van der Waals surface area contributed by atoms with Gasteiger partial charge in [-0.25, -0.2) is 9.37 Å². The van der Waals surface area contributed by atoms with Crippen LogP contribution in [-0.4, -0.2) is 11.5 Å². The first kappa shape index (κ1) is 11.8. The van der Waals surface area contributed by atoms with Crippen molar-refractivity contribution < 1.29 is 4.39 Å². The van der Waals surface area contributed by atoms with Crippen molar-refractivity contribution in [1.29, 1.82) is 0 Å². The molecule has 0 fully saturated rings. The Bertz CT molecular complexity index is 549. The van der Waals surface area contributed by atoms with Crippen molar-refractivity contribution >= 4 is 16.7 Å². The molecule has 0 unspecified atom stereocenters. The van der Waals surface area contributed by atoms with Gasteiger partial charge in [-0.3, -0.25) is 0 Å². The number of nitrogens with zero attached hydrogens (tertiary/aromatic N) is 1. The normalized spacial score (nSPS) is 10.8. The Morgan fingerprint density at radius 1 is 1.29 bits per heavy atom. The number of fused-ring (bicyclic) bond motifs is 1. The molecule has 1 aromatic heterocycles. The predicted molar refractivity (Wildman–Crippen MR) is 70.0 cm³/mol. The van der Waals surface area contributed by atoms with Crippen molar-refractivity contribution in [2.24, 2.45) is 0 Å². The molecule has 2 nitrogen and oxygen atoms in total. The number of hydrogen-bond acceptors (Lipinski definition) is 2. The van der Waals surface area contributed by atoms with Crippen LogP contribution in [0.5, 0.6) is 0 Å². The van der Waals surface area contributed by atoms with Crippen LogP contribution < -0.4 is 5.32 Å². The highest BCUT2D eigenvalue weighted by atomic mass is 19.1. The average molecular weight is 232 g/mol. The molecule has 0 atom stereocenters. The summed E-state index contributed by atoms with van der Waals surface area (Å²) >= 11 is 0. The van der Waals surface area contributed by atoms with E-state index in [1.807, 2.05) is 13.0 Å². The first-order valence-electron chi connectivity index (χ1n) is 5.93. The van der Waals surface area contributed by atoms with Crippen LogP contribution in [0.1, 0.15) is 24.5 Å². The van der Waals surface area contributed by atoms with Gasteiger partial charge in [0.1, 0.15) is 11.6 Å². The zero-order valence-corrected chi connectivity index (χ0v) is 10.5. The first-order chi connectivity index (χ1) is 8.13. The van der Waals surface area contributed by atoms with Crippen LogP contribution in [0.3, 0.4) is 0 Å². The predicted octanol–water partition coefficient (Wildman–Crippen LogP) is 3.81. The molecule has 3 heteroatoms. The number of nitrogens with one attached hydrogen (secondary N) is 1. The van der Waals surface area contributed by atoms with Crippen molar-refractivity contribution in [3.8, 4) is 0 Å². The van der Waals surface area contributed by atoms with Crippen LogP contribution in [0.2, 0.25) is 0 Å². The number of anilines is 1. The molecule has 2 rings (SSSR count). The quantitative estimate of drug-likeness (QED) is 0.870. The van der Waals surface area contributed by atoms with Gasteiger partial charge in [0, 0.05) is 17.5 Å². The molecule has 1 heterocycles. The summed E-state index contributed by atoms with van der Waals surface area (Å²) in [5, 5.41) is 4.26. The minimum atomic E-state index is -0.199. The van der Waals surface area contributed by atoms with Gasteiger partial charge in [0.25, 0.3) is 0 Å². The van der Waals surface area contributed by atoms with E-state index in [0.29, 0.717) is 5.56 Å². The highest BCUT2D eigenvalue weighted by molar-refractivity contribution is 5.84. The molecule has 0 aliphatic heterocycles. The molecule has 0 saturated carbocycles. The third-order valence-corrected chi connectivity index (χ3v) is 2.91. The Balaban J connectivity index is 2.56. The fraction of sp³-hybridized carbons (Fsp3) is 0.357. The van der Waals surface area contributed by atoms with Gasteiger partial charge >= 0.3 is 0 Å². The maximum Gasteiger partial charge on any atom is 0.129 e. The van der Waals surface area contributed by atoms with E-state index in [2.05, 4.69) is 17.2 Å². The SMILES string of the molecule is CCCNc1nc2c(C)c(F)ccc2cc1C. The van der Waals surface area contributed by atoms with E-state index in [4.69, 9.17) is 0 Å². The lowest BCUT2D eigenvalue weighted by Crippen LogP contribution is -2.04. The minimum Gasteiger partial charge on any atom is -0.370 e. The van der Waals surface area contributed by atoms with E-state index < -0.39 is 0 Å². The fourth-order valence-corrected chi connectivity index (χ4v) is 1.89. The van der Waals surface area contributed by atoms with Crippen LogP contribution in [0.4, 0.5) is 10.2 Å². The van der Waals surface area contributed by atoms with E-state index >= 15 is 0 Å². The molecule has 0 aliphatic rings. The summed E-state index contributed by atoms with van der Waals surface area (Å²) in [7, 11) is 0. The molecule has 1 N–H and O–H groups in total. The Hall–Kier alpha value is -1.64. The fourth-order valence-electron chi connectivity index (χ4n) is 1.89. The Labute approximate surface area is 101 Å². The van der Waals surface area contributed by atoms with Crippen LogP contribution in [0.25, 0.3) is 10.9 Å². The first-order valence-corrected chi connectivity index (χ1v) is 5.93. The summed E-state index contributed by atoms with van der Waals surface area (Å²) in [6.45, 7) is 6.77. The Morgan fingerprint density at radius 2 is 2.06 bits per heavy atom. The summed E-state index contributed by atoms with van der Waals surface area (Å²) in [4.78, 5) is 4.52. The second-order valence-electron chi connectivity index (χ2n) is 4.32. The van der Waals surface area contributed by atoms with Gasteiger partial charge in [-0.1, -0.05) is 6.92 Å². The van der Waals surface area contributed by atoms with Gasteiger partial charge in [0.05, 0.1) is 5.52 Å². The summed E-state index contributed by atoms with van der Waals surface area (Å²) in [6, 6.07) is 5.33. The van der Waals surface area contributed by atoms with Gasteiger partial charge in [-0.15, -0.1) is 0 Å². The highest BCUT2D eigenvalue weighted by Gasteiger charge is 2.07. The molecule has 0 saturated heterocycles. The Kier molecular flexibility index (Phi) is 3.27. The number of aryl methyl sites for hydroxylation is 2. The highest BCUT2D eigenvalue weighted by Crippen LogP contribution is 2.24. The maximum atomic E-state index is 13.5. The van der Waals surface area contributed by atoms with Crippen molar-refractivity contribution in [3.63, 3.8) is 0 Å². The lowest BCUT2D eigenvalue weighted by molar-refractivity contribution is 0.620. The number of pyridine rings is 1. The van der Waals surface area contributed by atoms with E-state index in [1.54, 1.807) is 13.0 Å². The van der Waals surface area contributed by atoms with Crippen molar-refractivity contribution in [2.45, 2.75) is 27.2 Å². The zero-order valence-electron chi connectivity index (χ0n) is 10.5. The van der Waals surface area contributed by atoms with Crippen molar-refractivity contribution in [3.05, 3.63) is 35.1 Å². The molecule has 0 aliphatic carbocycles. The van der Waals surface area contributed by atoms with Crippen molar-refractivity contribution in [1.82, 2.24) is 4.98 Å². The van der Waals surface area contributed by atoms with Gasteiger partial charge in [0.2, 0.25) is 0 Å². The number of halogens is 1. The molecule has 17 heavy (non-hydrogen) atoms.